The lowest BCUT2D eigenvalue weighted by Gasteiger charge is -2.15. The standard InChI is InChI=1S/C27H22N6O4S/c1-16-17(2)32-37-26(16)33-38(34,35)23-8-4-3-6-21(23)20-10-9-18(27-29-12-13-36-27)14-19(20)15-24-30-22-7-5-11-28-25(22)31-24/h3-14,33H,15H2,1-2H3,(H,28,30,31). The van der Waals surface area contributed by atoms with Crippen LogP contribution in [0.25, 0.3) is 33.7 Å². The fourth-order valence-corrected chi connectivity index (χ4v) is 5.54. The Morgan fingerprint density at radius 1 is 0.974 bits per heavy atom. The Labute approximate surface area is 217 Å². The maximum absolute atomic E-state index is 13.5. The molecule has 0 bridgehead atoms. The van der Waals surface area contributed by atoms with Gasteiger partial charge in [-0.15, -0.1) is 0 Å². The van der Waals surface area contributed by atoms with Crippen LogP contribution in [0.3, 0.4) is 0 Å². The number of H-pyrrole nitrogens is 1. The van der Waals surface area contributed by atoms with E-state index in [0.717, 1.165) is 22.2 Å². The number of aromatic amines is 1. The van der Waals surface area contributed by atoms with Crippen molar-refractivity contribution >= 4 is 27.1 Å². The van der Waals surface area contributed by atoms with Gasteiger partial charge in [0.25, 0.3) is 10.0 Å². The average Bonchev–Trinajstić information content (AvgIpc) is 3.66. The van der Waals surface area contributed by atoms with E-state index >= 15 is 0 Å². The summed E-state index contributed by atoms with van der Waals surface area (Å²) in [4.78, 5) is 16.6. The van der Waals surface area contributed by atoms with Crippen molar-refractivity contribution in [2.45, 2.75) is 25.2 Å². The molecule has 0 radical (unpaired) electrons. The predicted molar refractivity (Wildman–Crippen MR) is 141 cm³/mol. The predicted octanol–water partition coefficient (Wildman–Crippen LogP) is 5.28. The van der Waals surface area contributed by atoms with E-state index in [4.69, 9.17) is 8.94 Å². The highest BCUT2D eigenvalue weighted by Gasteiger charge is 2.24. The van der Waals surface area contributed by atoms with Gasteiger partial charge in [-0.1, -0.05) is 29.4 Å². The third kappa shape index (κ3) is 4.33. The highest BCUT2D eigenvalue weighted by Crippen LogP contribution is 2.35. The topological polar surface area (TPSA) is 140 Å². The zero-order chi connectivity index (χ0) is 26.3. The van der Waals surface area contributed by atoms with Crippen molar-refractivity contribution in [1.82, 2.24) is 25.1 Å². The van der Waals surface area contributed by atoms with Gasteiger partial charge in [0, 0.05) is 29.3 Å². The number of fused-ring (bicyclic) bond motifs is 1. The molecule has 0 aliphatic carbocycles. The van der Waals surface area contributed by atoms with Crippen LogP contribution < -0.4 is 4.72 Å². The minimum atomic E-state index is -4.01. The van der Waals surface area contributed by atoms with Gasteiger partial charge in [0.2, 0.25) is 11.8 Å². The highest BCUT2D eigenvalue weighted by atomic mass is 32.2. The van der Waals surface area contributed by atoms with Gasteiger partial charge in [-0.25, -0.2) is 28.1 Å². The van der Waals surface area contributed by atoms with Gasteiger partial charge in [-0.3, -0.25) is 0 Å². The molecule has 6 rings (SSSR count). The first-order valence-corrected chi connectivity index (χ1v) is 13.2. The van der Waals surface area contributed by atoms with Gasteiger partial charge in [0.05, 0.1) is 22.3 Å². The number of imidazole rings is 1. The normalized spacial score (nSPS) is 11.7. The minimum absolute atomic E-state index is 0.0894. The van der Waals surface area contributed by atoms with Gasteiger partial charge in [-0.05, 0) is 55.3 Å². The smallest absolute Gasteiger partial charge is 0.264 e. The molecular formula is C27H22N6O4S. The molecular weight excluding hydrogens is 504 g/mol. The van der Waals surface area contributed by atoms with Crippen molar-refractivity contribution < 1.29 is 17.4 Å². The molecule has 2 aromatic carbocycles. The van der Waals surface area contributed by atoms with Crippen LogP contribution in [0.2, 0.25) is 0 Å². The summed E-state index contributed by atoms with van der Waals surface area (Å²) in [6.07, 6.45) is 5.17. The molecule has 38 heavy (non-hydrogen) atoms. The van der Waals surface area contributed by atoms with Crippen LogP contribution in [0.4, 0.5) is 5.88 Å². The van der Waals surface area contributed by atoms with Crippen LogP contribution in [0.1, 0.15) is 22.6 Å². The molecule has 4 aromatic heterocycles. The summed E-state index contributed by atoms with van der Waals surface area (Å²) < 4.78 is 40.4. The summed E-state index contributed by atoms with van der Waals surface area (Å²) in [6.45, 7) is 3.50. The SMILES string of the molecule is Cc1noc(NS(=O)(=O)c2ccccc2-c2ccc(-c3ncco3)cc2Cc2nc3ncccc3[nH]2)c1C. The van der Waals surface area contributed by atoms with Gasteiger partial charge in [0.15, 0.2) is 5.65 Å². The number of benzene rings is 2. The number of nitrogens with zero attached hydrogens (tertiary/aromatic N) is 4. The number of nitrogens with one attached hydrogen (secondary N) is 2. The van der Waals surface area contributed by atoms with Gasteiger partial charge in [-0.2, -0.15) is 0 Å². The Kier molecular flexibility index (Phi) is 5.76. The summed E-state index contributed by atoms with van der Waals surface area (Å²) in [5, 5.41) is 3.86. The van der Waals surface area contributed by atoms with Crippen molar-refractivity contribution in [3.8, 4) is 22.6 Å². The maximum atomic E-state index is 13.5. The zero-order valence-corrected chi connectivity index (χ0v) is 21.3. The second kappa shape index (κ2) is 9.27. The number of hydrogen-bond acceptors (Lipinski definition) is 8. The van der Waals surface area contributed by atoms with Crippen molar-refractivity contribution in [1.29, 1.82) is 0 Å². The number of sulfonamides is 1. The summed E-state index contributed by atoms with van der Waals surface area (Å²) in [5.41, 5.74) is 5.50. The molecule has 2 N–H and O–H groups in total. The van der Waals surface area contributed by atoms with E-state index in [1.807, 2.05) is 30.3 Å². The second-order valence-corrected chi connectivity index (χ2v) is 10.4. The Morgan fingerprint density at radius 2 is 1.84 bits per heavy atom. The Hall–Kier alpha value is -4.77. The molecule has 0 saturated carbocycles. The first kappa shape index (κ1) is 23.6. The lowest BCUT2D eigenvalue weighted by atomic mass is 9.95. The molecule has 190 valence electrons. The molecule has 0 unspecified atom stereocenters. The van der Waals surface area contributed by atoms with Crippen molar-refractivity contribution in [3.63, 3.8) is 0 Å². The highest BCUT2D eigenvalue weighted by molar-refractivity contribution is 7.92. The zero-order valence-electron chi connectivity index (χ0n) is 20.5. The number of rotatable bonds is 7. The minimum Gasteiger partial charge on any atom is -0.445 e. The first-order valence-electron chi connectivity index (χ1n) is 11.8. The molecule has 10 nitrogen and oxygen atoms in total. The molecule has 0 aliphatic rings. The third-order valence-electron chi connectivity index (χ3n) is 6.30. The summed E-state index contributed by atoms with van der Waals surface area (Å²) >= 11 is 0. The van der Waals surface area contributed by atoms with Crippen LogP contribution in [-0.2, 0) is 16.4 Å². The lowest BCUT2D eigenvalue weighted by molar-refractivity contribution is 0.430. The molecule has 0 saturated heterocycles. The van der Waals surface area contributed by atoms with E-state index < -0.39 is 10.0 Å². The Bertz CT molecular complexity index is 1840. The Balaban J connectivity index is 1.47. The van der Waals surface area contributed by atoms with E-state index in [-0.39, 0.29) is 10.8 Å². The second-order valence-electron chi connectivity index (χ2n) is 8.77. The van der Waals surface area contributed by atoms with Gasteiger partial charge < -0.3 is 13.9 Å². The van der Waals surface area contributed by atoms with E-state index in [0.29, 0.717) is 40.6 Å². The summed E-state index contributed by atoms with van der Waals surface area (Å²) in [6, 6.07) is 16.2. The number of oxazole rings is 1. The van der Waals surface area contributed by atoms with E-state index in [1.165, 1.54) is 6.26 Å². The van der Waals surface area contributed by atoms with Crippen LogP contribution in [0.15, 0.2) is 87.1 Å². The molecule has 6 aromatic rings. The molecule has 0 fully saturated rings. The largest absolute Gasteiger partial charge is 0.445 e. The molecule has 4 heterocycles. The first-order chi connectivity index (χ1) is 18.4. The average molecular weight is 527 g/mol. The molecule has 0 amide bonds. The summed E-state index contributed by atoms with van der Waals surface area (Å²) in [5.74, 6) is 1.24. The van der Waals surface area contributed by atoms with Crippen LogP contribution in [0, 0.1) is 13.8 Å². The number of aryl methyl sites for hydroxylation is 1. The van der Waals surface area contributed by atoms with Crippen molar-refractivity contribution in [2.24, 2.45) is 0 Å². The molecule has 0 aliphatic heterocycles. The fourth-order valence-electron chi connectivity index (χ4n) is 4.27. The maximum Gasteiger partial charge on any atom is 0.264 e. The van der Waals surface area contributed by atoms with E-state index in [2.05, 4.69) is 29.8 Å². The summed E-state index contributed by atoms with van der Waals surface area (Å²) in [7, 11) is -4.01. The number of hydrogen-bond donors (Lipinski definition) is 2. The van der Waals surface area contributed by atoms with Gasteiger partial charge in [0.1, 0.15) is 12.1 Å². The van der Waals surface area contributed by atoms with E-state index in [1.54, 1.807) is 50.5 Å². The van der Waals surface area contributed by atoms with E-state index in [9.17, 15) is 8.42 Å². The van der Waals surface area contributed by atoms with Crippen LogP contribution in [-0.4, -0.2) is 33.5 Å². The van der Waals surface area contributed by atoms with Crippen molar-refractivity contribution in [2.75, 3.05) is 4.72 Å². The number of pyridine rings is 1. The molecule has 11 heteroatoms. The quantitative estimate of drug-likeness (QED) is 0.286. The lowest BCUT2D eigenvalue weighted by Crippen LogP contribution is -2.14. The van der Waals surface area contributed by atoms with Gasteiger partial charge >= 0.3 is 0 Å². The third-order valence-corrected chi connectivity index (χ3v) is 7.69. The van der Waals surface area contributed by atoms with Crippen molar-refractivity contribution in [3.05, 3.63) is 95.9 Å². The monoisotopic (exact) mass is 526 g/mol. The van der Waals surface area contributed by atoms with Crippen LogP contribution >= 0.6 is 0 Å². The van der Waals surface area contributed by atoms with Crippen LogP contribution in [0.5, 0.6) is 0 Å². The fraction of sp³-hybridized carbons (Fsp3) is 0.111. The molecule has 0 spiro atoms. The Morgan fingerprint density at radius 3 is 2.61 bits per heavy atom. The number of anilines is 1. The number of aromatic nitrogens is 5. The molecule has 0 atom stereocenters.